The lowest BCUT2D eigenvalue weighted by molar-refractivity contribution is 0.417. The predicted octanol–water partition coefficient (Wildman–Crippen LogP) is 0.801. The molecule has 0 aliphatic heterocycles. The maximum absolute atomic E-state index is 11.9. The minimum Gasteiger partial charge on any atom is -0.494 e. The van der Waals surface area contributed by atoms with Crippen LogP contribution in [0.15, 0.2) is 35.7 Å². The number of nitrogens with zero attached hydrogens (tertiary/aromatic N) is 1. The van der Waals surface area contributed by atoms with Crippen LogP contribution in [0, 0.1) is 0 Å². The molecule has 0 aliphatic rings. The summed E-state index contributed by atoms with van der Waals surface area (Å²) in [4.78, 5) is 6.18. The Bertz CT molecular complexity index is 637. The normalized spacial score (nSPS) is 11.2. The van der Waals surface area contributed by atoms with Gasteiger partial charge in [-0.25, -0.2) is 4.98 Å². The highest BCUT2D eigenvalue weighted by Gasteiger charge is 2.17. The molecule has 7 nitrogen and oxygen atoms in total. The van der Waals surface area contributed by atoms with E-state index < -0.39 is 10.0 Å². The summed E-state index contributed by atoms with van der Waals surface area (Å²) in [5, 5.41) is -0.0265. The lowest BCUT2D eigenvalue weighted by Crippen LogP contribution is -2.14. The van der Waals surface area contributed by atoms with E-state index in [2.05, 4.69) is 14.7 Å². The number of rotatable bonds is 4. The Labute approximate surface area is 104 Å². The van der Waals surface area contributed by atoms with Gasteiger partial charge in [0.2, 0.25) is 0 Å². The number of sulfonamides is 1. The second-order valence-corrected chi connectivity index (χ2v) is 5.13. The van der Waals surface area contributed by atoms with Crippen molar-refractivity contribution in [1.82, 2.24) is 9.97 Å². The van der Waals surface area contributed by atoms with Gasteiger partial charge in [-0.3, -0.25) is 4.72 Å². The maximum atomic E-state index is 11.9. The molecule has 18 heavy (non-hydrogen) atoms. The molecule has 0 bridgehead atoms. The first kappa shape index (κ1) is 12.2. The van der Waals surface area contributed by atoms with Gasteiger partial charge in [-0.05, 0) is 12.1 Å². The number of hydrogen-bond acceptors (Lipinski definition) is 5. The summed E-state index contributed by atoms with van der Waals surface area (Å²) >= 11 is 0. The third-order valence-corrected chi connectivity index (χ3v) is 3.52. The van der Waals surface area contributed by atoms with Crippen LogP contribution in [0.25, 0.3) is 0 Å². The Hall–Kier alpha value is -2.22. The van der Waals surface area contributed by atoms with Crippen molar-refractivity contribution in [3.63, 3.8) is 0 Å². The van der Waals surface area contributed by atoms with Crippen LogP contribution < -0.4 is 15.2 Å². The molecule has 1 heterocycles. The fourth-order valence-electron chi connectivity index (χ4n) is 1.38. The lowest BCUT2D eigenvalue weighted by Gasteiger charge is -2.11. The van der Waals surface area contributed by atoms with E-state index in [1.54, 1.807) is 6.07 Å². The van der Waals surface area contributed by atoms with Crippen molar-refractivity contribution < 1.29 is 13.2 Å². The van der Waals surface area contributed by atoms with Crippen LogP contribution in [0.5, 0.6) is 5.75 Å². The molecule has 0 aliphatic carbocycles. The Kier molecular flexibility index (Phi) is 3.11. The molecular weight excluding hydrogens is 256 g/mol. The molecule has 0 radical (unpaired) electrons. The van der Waals surface area contributed by atoms with Crippen LogP contribution in [0.2, 0.25) is 0 Å². The molecule has 0 atom stereocenters. The molecule has 0 unspecified atom stereocenters. The van der Waals surface area contributed by atoms with Crippen molar-refractivity contribution in [2.24, 2.45) is 0 Å². The van der Waals surface area contributed by atoms with Crippen LogP contribution >= 0.6 is 0 Å². The molecular formula is C10H12N4O3S. The average Bonchev–Trinajstić information content (AvgIpc) is 2.85. The van der Waals surface area contributed by atoms with Gasteiger partial charge in [0, 0.05) is 11.8 Å². The predicted molar refractivity (Wildman–Crippen MR) is 66.8 cm³/mol. The van der Waals surface area contributed by atoms with E-state index in [1.807, 2.05) is 0 Å². The van der Waals surface area contributed by atoms with E-state index >= 15 is 0 Å². The number of nitrogen functional groups attached to an aromatic ring is 1. The first-order valence-electron chi connectivity index (χ1n) is 4.97. The van der Waals surface area contributed by atoms with Gasteiger partial charge in [-0.15, -0.1) is 0 Å². The van der Waals surface area contributed by atoms with Crippen molar-refractivity contribution in [3.8, 4) is 5.75 Å². The fourth-order valence-corrected chi connectivity index (χ4v) is 2.36. The highest BCUT2D eigenvalue weighted by atomic mass is 32.2. The van der Waals surface area contributed by atoms with Gasteiger partial charge in [0.25, 0.3) is 10.0 Å². The molecule has 0 saturated carbocycles. The van der Waals surface area contributed by atoms with E-state index in [-0.39, 0.29) is 5.03 Å². The molecule has 2 rings (SSSR count). The SMILES string of the molecule is COc1cc(N)ccc1NS(=O)(=O)c1cnc[nH]1. The summed E-state index contributed by atoms with van der Waals surface area (Å²) in [7, 11) is -2.27. The number of nitrogens with two attached hydrogens (primary N) is 1. The molecule has 96 valence electrons. The van der Waals surface area contributed by atoms with Gasteiger partial charge in [-0.1, -0.05) is 0 Å². The Balaban J connectivity index is 2.35. The fraction of sp³-hybridized carbons (Fsp3) is 0.100. The average molecular weight is 268 g/mol. The molecule has 0 fully saturated rings. The van der Waals surface area contributed by atoms with E-state index in [1.165, 1.54) is 31.8 Å². The summed E-state index contributed by atoms with van der Waals surface area (Å²) in [5.41, 5.74) is 6.38. The standard InChI is InChI=1S/C10H12N4O3S/c1-17-9-4-7(11)2-3-8(9)14-18(15,16)10-5-12-6-13-10/h2-6,14H,11H2,1H3,(H,12,13). The minimum absolute atomic E-state index is 0.0265. The second kappa shape index (κ2) is 4.57. The molecule has 1 aromatic carbocycles. The molecule has 4 N–H and O–H groups in total. The number of aromatic amines is 1. The van der Waals surface area contributed by atoms with E-state index in [4.69, 9.17) is 10.5 Å². The maximum Gasteiger partial charge on any atom is 0.279 e. The number of hydrogen-bond donors (Lipinski definition) is 3. The molecule has 0 spiro atoms. The quantitative estimate of drug-likeness (QED) is 0.710. The van der Waals surface area contributed by atoms with E-state index in [0.29, 0.717) is 17.1 Å². The molecule has 8 heteroatoms. The number of H-pyrrole nitrogens is 1. The summed E-state index contributed by atoms with van der Waals surface area (Å²) in [6.45, 7) is 0. The van der Waals surface area contributed by atoms with Gasteiger partial charge >= 0.3 is 0 Å². The smallest absolute Gasteiger partial charge is 0.279 e. The zero-order valence-electron chi connectivity index (χ0n) is 9.54. The molecule has 2 aromatic rings. The first-order valence-corrected chi connectivity index (χ1v) is 6.46. The third-order valence-electron chi connectivity index (χ3n) is 2.23. The number of methoxy groups -OCH3 is 1. The van der Waals surface area contributed by atoms with Crippen molar-refractivity contribution in [3.05, 3.63) is 30.7 Å². The van der Waals surface area contributed by atoms with Crippen LogP contribution in [0.3, 0.4) is 0 Å². The number of benzene rings is 1. The zero-order valence-corrected chi connectivity index (χ0v) is 10.4. The number of ether oxygens (including phenoxy) is 1. The van der Waals surface area contributed by atoms with Gasteiger partial charge in [-0.2, -0.15) is 8.42 Å². The van der Waals surface area contributed by atoms with Crippen LogP contribution in [0.4, 0.5) is 11.4 Å². The largest absolute Gasteiger partial charge is 0.494 e. The molecule has 0 saturated heterocycles. The van der Waals surface area contributed by atoms with Crippen molar-refractivity contribution in [2.45, 2.75) is 5.03 Å². The lowest BCUT2D eigenvalue weighted by atomic mass is 10.2. The van der Waals surface area contributed by atoms with Crippen molar-refractivity contribution in [2.75, 3.05) is 17.6 Å². The van der Waals surface area contributed by atoms with Crippen LogP contribution in [-0.2, 0) is 10.0 Å². The Morgan fingerprint density at radius 3 is 2.83 bits per heavy atom. The summed E-state index contributed by atoms with van der Waals surface area (Å²) < 4.78 is 31.3. The number of nitrogens with one attached hydrogen (secondary N) is 2. The van der Waals surface area contributed by atoms with Crippen molar-refractivity contribution in [1.29, 1.82) is 0 Å². The number of aromatic nitrogens is 2. The van der Waals surface area contributed by atoms with Gasteiger partial charge in [0.1, 0.15) is 5.75 Å². The second-order valence-electron chi connectivity index (χ2n) is 3.48. The van der Waals surface area contributed by atoms with Crippen LogP contribution in [-0.4, -0.2) is 25.5 Å². The topological polar surface area (TPSA) is 110 Å². The first-order chi connectivity index (χ1) is 8.53. The van der Waals surface area contributed by atoms with Gasteiger partial charge in [0.05, 0.1) is 25.3 Å². The summed E-state index contributed by atoms with van der Waals surface area (Å²) in [6, 6.07) is 4.64. The summed E-state index contributed by atoms with van der Waals surface area (Å²) in [6.07, 6.45) is 2.50. The third kappa shape index (κ3) is 2.38. The summed E-state index contributed by atoms with van der Waals surface area (Å²) in [5.74, 6) is 0.345. The number of imidazole rings is 1. The Morgan fingerprint density at radius 1 is 1.44 bits per heavy atom. The highest BCUT2D eigenvalue weighted by molar-refractivity contribution is 7.92. The highest BCUT2D eigenvalue weighted by Crippen LogP contribution is 2.28. The minimum atomic E-state index is -3.70. The van der Waals surface area contributed by atoms with E-state index in [9.17, 15) is 8.42 Å². The zero-order chi connectivity index (χ0) is 13.2. The molecule has 0 amide bonds. The Morgan fingerprint density at radius 2 is 2.22 bits per heavy atom. The van der Waals surface area contributed by atoms with E-state index in [0.717, 1.165) is 0 Å². The van der Waals surface area contributed by atoms with Crippen LogP contribution in [0.1, 0.15) is 0 Å². The van der Waals surface area contributed by atoms with Gasteiger partial charge in [0.15, 0.2) is 5.03 Å². The number of anilines is 2. The monoisotopic (exact) mass is 268 g/mol. The molecule has 1 aromatic heterocycles. The van der Waals surface area contributed by atoms with Gasteiger partial charge < -0.3 is 15.5 Å². The van der Waals surface area contributed by atoms with Crippen molar-refractivity contribution >= 4 is 21.4 Å².